The smallest absolute Gasteiger partial charge is 0.407 e. The van der Waals surface area contributed by atoms with E-state index in [-0.39, 0.29) is 18.9 Å². The number of aliphatic carboxylic acids is 1. The Morgan fingerprint density at radius 1 is 1.06 bits per heavy atom. The lowest BCUT2D eigenvalue weighted by Crippen LogP contribution is -2.50. The molecule has 0 saturated heterocycles. The summed E-state index contributed by atoms with van der Waals surface area (Å²) in [5.74, 6) is -5.52. The normalized spacial score (nSPS) is 14.4. The second kappa shape index (κ2) is 11.5. The number of hydrogen-bond donors (Lipinski definition) is 3. The number of nitrogens with one attached hydrogen (secondary N) is 2. The number of ether oxygens (including phenoxy) is 1. The van der Waals surface area contributed by atoms with E-state index >= 15 is 0 Å². The van der Waals surface area contributed by atoms with E-state index in [0.29, 0.717) is 5.75 Å². The zero-order valence-electron chi connectivity index (χ0n) is 18.8. The monoisotopic (exact) mass is 510 g/mol. The molecule has 0 saturated carbocycles. The SMILES string of the molecule is CSCC[C@@H](NC(=O)OCC1c2ccccc2-c2ccccc21)C(=O)NCC(C(=O)O)C(F)(F)F. The highest BCUT2D eigenvalue weighted by Crippen LogP contribution is 2.44. The molecule has 0 radical (unpaired) electrons. The Balaban J connectivity index is 1.63. The van der Waals surface area contributed by atoms with Crippen molar-refractivity contribution in [1.29, 1.82) is 0 Å². The maximum atomic E-state index is 12.9. The van der Waals surface area contributed by atoms with Gasteiger partial charge < -0.3 is 20.5 Å². The first-order valence-electron chi connectivity index (χ1n) is 10.8. The molecule has 1 aliphatic rings. The van der Waals surface area contributed by atoms with Crippen LogP contribution in [0.25, 0.3) is 11.1 Å². The first-order chi connectivity index (χ1) is 16.6. The van der Waals surface area contributed by atoms with Crippen molar-refractivity contribution in [1.82, 2.24) is 10.6 Å². The van der Waals surface area contributed by atoms with E-state index in [4.69, 9.17) is 9.84 Å². The lowest BCUT2D eigenvalue weighted by Gasteiger charge is -2.21. The van der Waals surface area contributed by atoms with Gasteiger partial charge in [-0.15, -0.1) is 0 Å². The average molecular weight is 511 g/mol. The third-order valence-electron chi connectivity index (χ3n) is 5.74. The average Bonchev–Trinajstić information content (AvgIpc) is 3.13. The van der Waals surface area contributed by atoms with Gasteiger partial charge in [-0.2, -0.15) is 24.9 Å². The lowest BCUT2D eigenvalue weighted by molar-refractivity contribution is -0.192. The molecular weight excluding hydrogens is 485 g/mol. The summed E-state index contributed by atoms with van der Waals surface area (Å²) in [4.78, 5) is 35.9. The highest BCUT2D eigenvalue weighted by atomic mass is 32.2. The van der Waals surface area contributed by atoms with Crippen molar-refractivity contribution in [2.24, 2.45) is 5.92 Å². The second-order valence-corrected chi connectivity index (χ2v) is 8.97. The summed E-state index contributed by atoms with van der Waals surface area (Å²) < 4.78 is 44.0. The minimum atomic E-state index is -5.02. The molecule has 0 bridgehead atoms. The van der Waals surface area contributed by atoms with Crippen molar-refractivity contribution in [3.05, 3.63) is 59.7 Å². The number of rotatable bonds is 10. The number of carboxylic acids is 1. The first-order valence-corrected chi connectivity index (χ1v) is 12.2. The number of halogens is 3. The molecule has 0 aromatic heterocycles. The Morgan fingerprint density at radius 2 is 1.63 bits per heavy atom. The van der Waals surface area contributed by atoms with Crippen molar-refractivity contribution in [2.45, 2.75) is 24.6 Å². The minimum absolute atomic E-state index is 0.00584. The van der Waals surface area contributed by atoms with Crippen molar-refractivity contribution < 1.29 is 37.4 Å². The van der Waals surface area contributed by atoms with Gasteiger partial charge >= 0.3 is 18.2 Å². The maximum Gasteiger partial charge on any atom is 0.407 e. The maximum absolute atomic E-state index is 12.9. The Kier molecular flexibility index (Phi) is 8.66. The Hall–Kier alpha value is -3.21. The molecule has 0 fully saturated rings. The molecule has 3 N–H and O–H groups in total. The highest BCUT2D eigenvalue weighted by molar-refractivity contribution is 7.98. The Bertz CT molecular complexity index is 1030. The minimum Gasteiger partial charge on any atom is -0.481 e. The summed E-state index contributed by atoms with van der Waals surface area (Å²) in [5, 5.41) is 13.2. The van der Waals surface area contributed by atoms with Gasteiger partial charge in [0.15, 0.2) is 5.92 Å². The number of carboxylic acid groups (broad SMARTS) is 1. The molecule has 0 aliphatic heterocycles. The summed E-state index contributed by atoms with van der Waals surface area (Å²) in [6.45, 7) is -1.13. The molecule has 2 aromatic carbocycles. The first kappa shape index (κ1) is 26.4. The number of alkyl halides is 3. The zero-order chi connectivity index (χ0) is 25.6. The number of fused-ring (bicyclic) bond motifs is 3. The fourth-order valence-corrected chi connectivity index (χ4v) is 4.43. The number of amides is 2. The summed E-state index contributed by atoms with van der Waals surface area (Å²) in [7, 11) is 0. The van der Waals surface area contributed by atoms with E-state index in [1.54, 1.807) is 6.26 Å². The third-order valence-corrected chi connectivity index (χ3v) is 6.38. The predicted molar refractivity (Wildman–Crippen MR) is 125 cm³/mol. The van der Waals surface area contributed by atoms with Crippen molar-refractivity contribution in [3.8, 4) is 11.1 Å². The molecule has 35 heavy (non-hydrogen) atoms. The topological polar surface area (TPSA) is 105 Å². The summed E-state index contributed by atoms with van der Waals surface area (Å²) >= 11 is 1.38. The van der Waals surface area contributed by atoms with Crippen LogP contribution in [0.3, 0.4) is 0 Å². The number of carbonyl (C=O) groups excluding carboxylic acids is 2. The fraction of sp³-hybridized carbons (Fsp3) is 0.375. The molecule has 1 aliphatic carbocycles. The molecule has 0 spiro atoms. The Morgan fingerprint density at radius 3 is 2.14 bits per heavy atom. The van der Waals surface area contributed by atoms with E-state index < -0.39 is 42.7 Å². The van der Waals surface area contributed by atoms with Gasteiger partial charge in [0, 0.05) is 12.5 Å². The number of hydrogen-bond acceptors (Lipinski definition) is 5. The number of thioether (sulfide) groups is 1. The van der Waals surface area contributed by atoms with Crippen LogP contribution >= 0.6 is 11.8 Å². The van der Waals surface area contributed by atoms with E-state index in [1.807, 2.05) is 53.8 Å². The van der Waals surface area contributed by atoms with Gasteiger partial charge in [-0.05, 0) is 40.7 Å². The van der Waals surface area contributed by atoms with Gasteiger partial charge in [-0.25, -0.2) is 4.79 Å². The van der Waals surface area contributed by atoms with Gasteiger partial charge in [0.25, 0.3) is 0 Å². The molecule has 7 nitrogen and oxygen atoms in total. The van der Waals surface area contributed by atoms with Crippen LogP contribution in [0.2, 0.25) is 0 Å². The second-order valence-electron chi connectivity index (χ2n) is 7.98. The molecular formula is C24H25F3N2O5S. The van der Waals surface area contributed by atoms with Gasteiger partial charge in [-0.3, -0.25) is 9.59 Å². The quantitative estimate of drug-likeness (QED) is 0.446. The molecule has 1 unspecified atom stereocenters. The molecule has 2 atom stereocenters. The number of alkyl carbamates (subject to hydrolysis) is 1. The van der Waals surface area contributed by atoms with Crippen molar-refractivity contribution in [3.63, 3.8) is 0 Å². The summed E-state index contributed by atoms with van der Waals surface area (Å²) in [5.41, 5.74) is 4.11. The summed E-state index contributed by atoms with van der Waals surface area (Å²) in [6, 6.07) is 14.3. The van der Waals surface area contributed by atoms with Crippen LogP contribution in [0.15, 0.2) is 48.5 Å². The molecule has 2 amide bonds. The van der Waals surface area contributed by atoms with Crippen LogP contribution < -0.4 is 10.6 Å². The van der Waals surface area contributed by atoms with E-state index in [1.165, 1.54) is 11.8 Å². The zero-order valence-corrected chi connectivity index (χ0v) is 19.6. The van der Waals surface area contributed by atoms with E-state index in [2.05, 4.69) is 5.32 Å². The lowest BCUT2D eigenvalue weighted by atomic mass is 9.98. The van der Waals surface area contributed by atoms with Crippen LogP contribution in [0.1, 0.15) is 23.5 Å². The number of benzene rings is 2. The van der Waals surface area contributed by atoms with Crippen molar-refractivity contribution >= 4 is 29.7 Å². The van der Waals surface area contributed by atoms with Crippen LogP contribution in [0, 0.1) is 5.92 Å². The molecule has 3 rings (SSSR count). The highest BCUT2D eigenvalue weighted by Gasteiger charge is 2.45. The summed E-state index contributed by atoms with van der Waals surface area (Å²) in [6.07, 6.45) is -4.01. The van der Waals surface area contributed by atoms with Gasteiger partial charge in [0.2, 0.25) is 5.91 Å². The Labute approximate surface area is 204 Å². The van der Waals surface area contributed by atoms with E-state index in [9.17, 15) is 27.6 Å². The van der Waals surface area contributed by atoms with Gasteiger partial charge in [0.05, 0.1) is 0 Å². The van der Waals surface area contributed by atoms with Crippen LogP contribution in [-0.4, -0.2) is 60.5 Å². The molecule has 188 valence electrons. The largest absolute Gasteiger partial charge is 0.481 e. The van der Waals surface area contributed by atoms with Crippen LogP contribution in [0.5, 0.6) is 0 Å². The van der Waals surface area contributed by atoms with Crippen molar-refractivity contribution in [2.75, 3.05) is 25.2 Å². The molecule has 11 heteroatoms. The van der Waals surface area contributed by atoms with Crippen LogP contribution in [-0.2, 0) is 14.3 Å². The standard InChI is InChI=1S/C24H25F3N2O5S/c1-35-11-10-20(21(30)28-12-19(22(31)32)24(25,26)27)29-23(33)34-13-18-16-8-4-2-6-14(16)15-7-3-5-9-17(15)18/h2-9,18-20H,10-13H2,1H3,(H,28,30)(H,29,33)(H,31,32)/t19?,20-/m1/s1. The number of carbonyl (C=O) groups is 3. The molecule has 0 heterocycles. The van der Waals surface area contributed by atoms with Gasteiger partial charge in [-0.1, -0.05) is 48.5 Å². The fourth-order valence-electron chi connectivity index (χ4n) is 3.96. The predicted octanol–water partition coefficient (Wildman–Crippen LogP) is 4.03. The third kappa shape index (κ3) is 6.47. The van der Waals surface area contributed by atoms with Crippen LogP contribution in [0.4, 0.5) is 18.0 Å². The van der Waals surface area contributed by atoms with Gasteiger partial charge in [0.1, 0.15) is 12.6 Å². The van der Waals surface area contributed by atoms with E-state index in [0.717, 1.165) is 22.3 Å². The molecule has 2 aromatic rings.